The number of hydrogen-bond acceptors (Lipinski definition) is 3. The Morgan fingerprint density at radius 2 is 2.00 bits per heavy atom. The maximum Gasteiger partial charge on any atom is 0.193 e. The zero-order chi connectivity index (χ0) is 17.6. The zero-order valence-corrected chi connectivity index (χ0v) is 18.4. The van der Waals surface area contributed by atoms with Gasteiger partial charge in [-0.3, -0.25) is 0 Å². The first-order valence-electron chi connectivity index (χ1n) is 8.91. The molecule has 0 unspecified atom stereocenters. The van der Waals surface area contributed by atoms with Gasteiger partial charge >= 0.3 is 0 Å². The Labute approximate surface area is 170 Å². The third-order valence-electron chi connectivity index (χ3n) is 3.61. The van der Waals surface area contributed by atoms with Gasteiger partial charge in [-0.05, 0) is 31.0 Å². The summed E-state index contributed by atoms with van der Waals surface area (Å²) in [5, 5.41) is 3.36. The van der Waals surface area contributed by atoms with E-state index in [1.165, 1.54) is 12.8 Å². The van der Waals surface area contributed by atoms with Crippen LogP contribution in [0, 0.1) is 0 Å². The molecule has 0 aliphatic carbocycles. The van der Waals surface area contributed by atoms with Crippen LogP contribution in [0.5, 0.6) is 5.75 Å². The summed E-state index contributed by atoms with van der Waals surface area (Å²) in [7, 11) is 3.80. The van der Waals surface area contributed by atoms with Gasteiger partial charge in [0.1, 0.15) is 5.75 Å². The molecule has 0 saturated carbocycles. The van der Waals surface area contributed by atoms with Crippen LogP contribution in [0.15, 0.2) is 29.3 Å². The predicted octanol–water partition coefficient (Wildman–Crippen LogP) is 3.92. The minimum Gasteiger partial charge on any atom is -0.493 e. The van der Waals surface area contributed by atoms with Crippen LogP contribution in [0.4, 0.5) is 0 Å². The number of nitrogens with one attached hydrogen (secondary N) is 1. The molecule has 0 atom stereocenters. The van der Waals surface area contributed by atoms with Crippen molar-refractivity contribution < 1.29 is 9.47 Å². The Balaban J connectivity index is 0.00000576. The number of halogens is 1. The van der Waals surface area contributed by atoms with Crippen LogP contribution >= 0.6 is 24.0 Å². The van der Waals surface area contributed by atoms with Gasteiger partial charge in [0.05, 0.1) is 13.2 Å². The smallest absolute Gasteiger partial charge is 0.193 e. The fourth-order valence-corrected chi connectivity index (χ4v) is 2.26. The summed E-state index contributed by atoms with van der Waals surface area (Å²) in [6.45, 7) is 8.23. The molecule has 0 amide bonds. The molecular formula is C19H34IN3O2. The number of benzene rings is 1. The highest BCUT2D eigenvalue weighted by atomic mass is 127. The largest absolute Gasteiger partial charge is 0.493 e. The number of hydrogen-bond donors (Lipinski definition) is 1. The normalized spacial score (nSPS) is 11.0. The second kappa shape index (κ2) is 15.3. The molecule has 25 heavy (non-hydrogen) atoms. The first-order valence-corrected chi connectivity index (χ1v) is 8.91. The maximum atomic E-state index is 5.75. The monoisotopic (exact) mass is 463 g/mol. The van der Waals surface area contributed by atoms with Crippen molar-refractivity contribution in [2.45, 2.75) is 39.7 Å². The number of ether oxygens (including phenoxy) is 2. The van der Waals surface area contributed by atoms with E-state index in [-0.39, 0.29) is 24.0 Å². The number of nitrogens with zero attached hydrogens (tertiary/aromatic N) is 2. The minimum absolute atomic E-state index is 0. The van der Waals surface area contributed by atoms with E-state index in [9.17, 15) is 0 Å². The molecule has 0 heterocycles. The van der Waals surface area contributed by atoms with Gasteiger partial charge in [0.15, 0.2) is 5.96 Å². The Hall–Kier alpha value is -1.02. The Kier molecular flexibility index (Phi) is 14.6. The van der Waals surface area contributed by atoms with E-state index in [0.29, 0.717) is 13.2 Å². The van der Waals surface area contributed by atoms with Crippen LogP contribution in [-0.2, 0) is 11.3 Å². The van der Waals surface area contributed by atoms with Gasteiger partial charge in [-0.1, -0.05) is 25.5 Å². The maximum absolute atomic E-state index is 5.75. The van der Waals surface area contributed by atoms with Crippen LogP contribution in [0.2, 0.25) is 0 Å². The number of guanidine groups is 1. The van der Waals surface area contributed by atoms with E-state index in [1.54, 1.807) is 7.11 Å². The third-order valence-corrected chi connectivity index (χ3v) is 3.61. The highest BCUT2D eigenvalue weighted by Crippen LogP contribution is 2.14. The van der Waals surface area contributed by atoms with Crippen molar-refractivity contribution in [3.8, 4) is 5.75 Å². The number of unbranched alkanes of at least 4 members (excludes halogenated alkanes) is 1. The quantitative estimate of drug-likeness (QED) is 0.234. The lowest BCUT2D eigenvalue weighted by Gasteiger charge is -2.21. The van der Waals surface area contributed by atoms with Crippen molar-refractivity contribution in [3.05, 3.63) is 29.8 Å². The summed E-state index contributed by atoms with van der Waals surface area (Å²) in [5.41, 5.74) is 1.15. The topological polar surface area (TPSA) is 46.1 Å². The summed E-state index contributed by atoms with van der Waals surface area (Å²) in [4.78, 5) is 6.94. The summed E-state index contributed by atoms with van der Waals surface area (Å²) >= 11 is 0. The molecule has 0 fully saturated rings. The van der Waals surface area contributed by atoms with Crippen molar-refractivity contribution in [2.24, 2.45) is 4.99 Å². The van der Waals surface area contributed by atoms with Gasteiger partial charge in [0.25, 0.3) is 0 Å². The van der Waals surface area contributed by atoms with Crippen LogP contribution in [0.3, 0.4) is 0 Å². The summed E-state index contributed by atoms with van der Waals surface area (Å²) in [6, 6.07) is 8.15. The highest BCUT2D eigenvalue weighted by Gasteiger charge is 2.05. The zero-order valence-electron chi connectivity index (χ0n) is 16.1. The molecule has 6 heteroatoms. The second-order valence-corrected chi connectivity index (χ2v) is 5.79. The number of aliphatic imine (C=N–C) groups is 1. The van der Waals surface area contributed by atoms with E-state index < -0.39 is 0 Å². The van der Waals surface area contributed by atoms with Crippen molar-refractivity contribution in [2.75, 3.05) is 40.5 Å². The van der Waals surface area contributed by atoms with Crippen LogP contribution in [0.25, 0.3) is 0 Å². The van der Waals surface area contributed by atoms with E-state index in [1.807, 2.05) is 12.1 Å². The van der Waals surface area contributed by atoms with Crippen molar-refractivity contribution in [3.63, 3.8) is 0 Å². The standard InChI is InChI=1S/C19H33N3O2.HI/c1-5-7-12-22(3)19(20-6-2)21-16-17-10-8-11-18(15-17)24-14-9-13-23-4;/h8,10-11,15H,5-7,9,12-14,16H2,1-4H3,(H,20,21);1H. The molecule has 5 nitrogen and oxygen atoms in total. The minimum atomic E-state index is 0. The molecular weight excluding hydrogens is 429 g/mol. The van der Waals surface area contributed by atoms with Crippen molar-refractivity contribution in [1.82, 2.24) is 10.2 Å². The van der Waals surface area contributed by atoms with Crippen LogP contribution < -0.4 is 10.1 Å². The number of methoxy groups -OCH3 is 1. The van der Waals surface area contributed by atoms with Crippen LogP contribution in [0.1, 0.15) is 38.7 Å². The molecule has 144 valence electrons. The molecule has 1 rings (SSSR count). The first-order chi connectivity index (χ1) is 11.7. The first kappa shape index (κ1) is 24.0. The van der Waals surface area contributed by atoms with E-state index in [2.05, 4.69) is 43.2 Å². The van der Waals surface area contributed by atoms with E-state index >= 15 is 0 Å². The fraction of sp³-hybridized carbons (Fsp3) is 0.632. The lowest BCUT2D eigenvalue weighted by atomic mass is 10.2. The van der Waals surface area contributed by atoms with Gasteiger partial charge in [-0.2, -0.15) is 0 Å². The average molecular weight is 463 g/mol. The molecule has 0 radical (unpaired) electrons. The van der Waals surface area contributed by atoms with E-state index in [0.717, 1.165) is 43.4 Å². The Morgan fingerprint density at radius 3 is 2.68 bits per heavy atom. The Bertz CT molecular complexity index is 483. The molecule has 0 spiro atoms. The molecule has 0 bridgehead atoms. The van der Waals surface area contributed by atoms with Crippen molar-refractivity contribution in [1.29, 1.82) is 0 Å². The van der Waals surface area contributed by atoms with E-state index in [4.69, 9.17) is 14.5 Å². The molecule has 0 saturated heterocycles. The average Bonchev–Trinajstić information content (AvgIpc) is 2.60. The lowest BCUT2D eigenvalue weighted by Crippen LogP contribution is -2.39. The Morgan fingerprint density at radius 1 is 1.20 bits per heavy atom. The molecule has 1 aromatic rings. The molecule has 1 aromatic carbocycles. The number of rotatable bonds is 11. The van der Waals surface area contributed by atoms with Crippen LogP contribution in [-0.4, -0.2) is 51.3 Å². The van der Waals surface area contributed by atoms with Gasteiger partial charge < -0.3 is 19.7 Å². The molecule has 1 N–H and O–H groups in total. The van der Waals surface area contributed by atoms with Gasteiger partial charge in [-0.15, -0.1) is 24.0 Å². The molecule has 0 aliphatic heterocycles. The van der Waals surface area contributed by atoms with Gasteiger partial charge in [0.2, 0.25) is 0 Å². The van der Waals surface area contributed by atoms with Crippen molar-refractivity contribution >= 4 is 29.9 Å². The molecule has 0 aliphatic rings. The van der Waals surface area contributed by atoms with Gasteiger partial charge in [0, 0.05) is 40.3 Å². The lowest BCUT2D eigenvalue weighted by molar-refractivity contribution is 0.172. The van der Waals surface area contributed by atoms with Gasteiger partial charge in [-0.25, -0.2) is 4.99 Å². The highest BCUT2D eigenvalue weighted by molar-refractivity contribution is 14.0. The predicted molar refractivity (Wildman–Crippen MR) is 116 cm³/mol. The third kappa shape index (κ3) is 10.5. The summed E-state index contributed by atoms with van der Waals surface area (Å²) < 4.78 is 10.8. The second-order valence-electron chi connectivity index (χ2n) is 5.79. The fourth-order valence-electron chi connectivity index (χ4n) is 2.26. The summed E-state index contributed by atoms with van der Waals surface area (Å²) in [5.74, 6) is 1.85. The molecule has 0 aromatic heterocycles. The summed E-state index contributed by atoms with van der Waals surface area (Å²) in [6.07, 6.45) is 3.25. The SMILES string of the molecule is CCCCN(C)C(=NCc1cccc(OCCCOC)c1)NCC.I.